The third-order valence-corrected chi connectivity index (χ3v) is 11.3. The molecule has 15 nitrogen and oxygen atoms in total. The lowest BCUT2D eigenvalue weighted by molar-refractivity contribution is -0.136. The number of halogens is 2. The van der Waals surface area contributed by atoms with Gasteiger partial charge < -0.3 is 39.8 Å². The molecule has 4 aromatic rings. The summed E-state index contributed by atoms with van der Waals surface area (Å²) in [6.45, 7) is 8.09. The van der Waals surface area contributed by atoms with Gasteiger partial charge in [-0.3, -0.25) is 19.4 Å². The van der Waals surface area contributed by atoms with Crippen LogP contribution >= 0.6 is 23.2 Å². The molecule has 0 bridgehead atoms. The van der Waals surface area contributed by atoms with Crippen LogP contribution in [0.3, 0.4) is 0 Å². The minimum absolute atomic E-state index is 0.0410. The maximum absolute atomic E-state index is 13.7. The molecule has 1 aromatic carbocycles. The summed E-state index contributed by atoms with van der Waals surface area (Å²) in [6.07, 6.45) is 3.64. The van der Waals surface area contributed by atoms with Crippen LogP contribution in [0.1, 0.15) is 67.6 Å². The van der Waals surface area contributed by atoms with Crippen LogP contribution in [0.25, 0.3) is 22.5 Å². The van der Waals surface area contributed by atoms with Crippen LogP contribution in [0.15, 0.2) is 42.6 Å². The van der Waals surface area contributed by atoms with Crippen molar-refractivity contribution in [3.63, 3.8) is 0 Å². The lowest BCUT2D eigenvalue weighted by atomic mass is 10.0. The Morgan fingerprint density at radius 1 is 0.983 bits per heavy atom. The molecular formula is C41H47Cl2N9O6. The highest BCUT2D eigenvalue weighted by Gasteiger charge is 2.37. The first kappa shape index (κ1) is 40.9. The number of methoxy groups -OCH3 is 1. The van der Waals surface area contributed by atoms with E-state index in [0.29, 0.717) is 96.8 Å². The van der Waals surface area contributed by atoms with Crippen molar-refractivity contribution in [1.82, 2.24) is 40.0 Å². The number of carbonyl (C=O) groups is 4. The number of pyridine rings is 2. The smallest absolute Gasteiger partial charge is 0.410 e. The number of fused-ring (bicyclic) bond motifs is 1. The first-order valence-electron chi connectivity index (χ1n) is 19.3. The predicted octanol–water partition coefficient (Wildman–Crippen LogP) is 5.62. The summed E-state index contributed by atoms with van der Waals surface area (Å²) in [5.74, 6) is -0.145. The average molecular weight is 833 g/mol. The number of ether oxygens (including phenoxy) is 2. The Bertz CT molecular complexity index is 2260. The van der Waals surface area contributed by atoms with E-state index in [1.807, 2.05) is 32.9 Å². The van der Waals surface area contributed by atoms with E-state index < -0.39 is 17.6 Å². The van der Waals surface area contributed by atoms with Crippen LogP contribution in [0.2, 0.25) is 10.0 Å². The lowest BCUT2D eigenvalue weighted by Gasteiger charge is -2.29. The fourth-order valence-electron chi connectivity index (χ4n) is 7.59. The molecule has 7 rings (SSSR count). The molecule has 0 spiro atoms. The van der Waals surface area contributed by atoms with Gasteiger partial charge in [-0.25, -0.2) is 14.8 Å². The van der Waals surface area contributed by atoms with Gasteiger partial charge in [0, 0.05) is 87.2 Å². The van der Waals surface area contributed by atoms with Gasteiger partial charge in [0.15, 0.2) is 5.82 Å². The summed E-state index contributed by atoms with van der Waals surface area (Å²) < 4.78 is 12.9. The maximum Gasteiger partial charge on any atom is 0.410 e. The third kappa shape index (κ3) is 8.76. The van der Waals surface area contributed by atoms with Gasteiger partial charge in [0.2, 0.25) is 17.7 Å². The van der Waals surface area contributed by atoms with Crippen molar-refractivity contribution in [3.8, 4) is 28.4 Å². The van der Waals surface area contributed by atoms with Gasteiger partial charge in [0.1, 0.15) is 5.60 Å². The lowest BCUT2D eigenvalue weighted by Crippen LogP contribution is -2.42. The molecule has 4 amide bonds. The molecule has 3 aromatic heterocycles. The summed E-state index contributed by atoms with van der Waals surface area (Å²) in [4.78, 5) is 68.7. The third-order valence-electron chi connectivity index (χ3n) is 10.6. The van der Waals surface area contributed by atoms with E-state index in [2.05, 4.69) is 25.9 Å². The van der Waals surface area contributed by atoms with Crippen molar-refractivity contribution in [2.45, 2.75) is 71.2 Å². The van der Waals surface area contributed by atoms with Crippen LogP contribution in [-0.4, -0.2) is 98.1 Å². The van der Waals surface area contributed by atoms with E-state index in [1.165, 1.54) is 0 Å². The van der Waals surface area contributed by atoms with Gasteiger partial charge >= 0.3 is 6.09 Å². The Labute approximate surface area is 346 Å². The fraction of sp³-hybridized carbons (Fsp3) is 0.439. The Morgan fingerprint density at radius 2 is 1.79 bits per heavy atom. The summed E-state index contributed by atoms with van der Waals surface area (Å²) in [6, 6.07) is 10.9. The van der Waals surface area contributed by atoms with Gasteiger partial charge in [-0.2, -0.15) is 0 Å². The van der Waals surface area contributed by atoms with Crippen LogP contribution in [-0.2, 0) is 40.9 Å². The highest BCUT2D eigenvalue weighted by atomic mass is 35.5. The maximum atomic E-state index is 13.7. The van der Waals surface area contributed by atoms with Crippen molar-refractivity contribution in [2.24, 2.45) is 13.0 Å². The zero-order valence-electron chi connectivity index (χ0n) is 33.2. The molecule has 2 atom stereocenters. The number of likely N-dealkylation sites (tertiary alicyclic amines) is 1. The van der Waals surface area contributed by atoms with Crippen LogP contribution < -0.4 is 20.7 Å². The monoisotopic (exact) mass is 831 g/mol. The van der Waals surface area contributed by atoms with E-state index in [-0.39, 0.29) is 41.2 Å². The van der Waals surface area contributed by atoms with Gasteiger partial charge in [0.25, 0.3) is 5.91 Å². The number of hydrogen-bond donors (Lipinski definition) is 3. The van der Waals surface area contributed by atoms with E-state index in [4.69, 9.17) is 37.7 Å². The van der Waals surface area contributed by atoms with E-state index in [1.54, 1.807) is 59.0 Å². The first-order valence-corrected chi connectivity index (χ1v) is 20.1. The zero-order valence-corrected chi connectivity index (χ0v) is 34.7. The minimum atomic E-state index is -0.615. The number of aromatic nitrogens is 4. The molecule has 0 radical (unpaired) electrons. The number of rotatable bonds is 10. The summed E-state index contributed by atoms with van der Waals surface area (Å²) in [5.41, 5.74) is 4.19. The van der Waals surface area contributed by atoms with Crippen molar-refractivity contribution >= 4 is 52.7 Å². The van der Waals surface area contributed by atoms with Crippen LogP contribution in [0, 0.1) is 5.92 Å². The highest BCUT2D eigenvalue weighted by molar-refractivity contribution is 6.39. The number of anilines is 1. The number of nitrogens with zero attached hydrogens (tertiary/aromatic N) is 6. The van der Waals surface area contributed by atoms with E-state index in [0.717, 1.165) is 17.7 Å². The second-order valence-corrected chi connectivity index (χ2v) is 16.5. The molecule has 3 N–H and O–H groups in total. The van der Waals surface area contributed by atoms with E-state index in [9.17, 15) is 19.2 Å². The van der Waals surface area contributed by atoms with Crippen LogP contribution in [0.4, 0.5) is 10.5 Å². The topological polar surface area (TPSA) is 173 Å². The fourth-order valence-corrected chi connectivity index (χ4v) is 8.17. The first-order chi connectivity index (χ1) is 27.7. The molecule has 3 aliphatic rings. The summed E-state index contributed by atoms with van der Waals surface area (Å²) in [5, 5.41) is 9.78. The van der Waals surface area contributed by atoms with Crippen molar-refractivity contribution in [3.05, 3.63) is 75.4 Å². The Balaban J connectivity index is 1.03. The molecule has 0 saturated carbocycles. The van der Waals surface area contributed by atoms with E-state index >= 15 is 0 Å². The number of nitrogens with one attached hydrogen (secondary N) is 3. The molecule has 3 aliphatic heterocycles. The standard InChI is InChI=1S/C41H47Cl2N9O6/c1-41(2,3)58-40(56)52-17-14-24(21-52)39(55)51-18-15-31-30(22-51)47-36(50(31)4)37(54)48-29-8-6-7-27(33(29)42)35-34(43)26(13-16-45-35)28-11-9-23(38(49-28)57-5)19-44-20-25-10-12-32(53)46-25/h6-9,11,13,16,24-25,44H,10,12,14-15,17-22H2,1-5H3,(H,46,53)(H,48,54)/t24-,25-/m0/s1. The van der Waals surface area contributed by atoms with Crippen molar-refractivity contribution in [1.29, 1.82) is 0 Å². The Kier molecular flexibility index (Phi) is 11.9. The molecule has 306 valence electrons. The Hall–Kier alpha value is -5.25. The molecule has 58 heavy (non-hydrogen) atoms. The number of imidazole rings is 1. The number of benzene rings is 1. The number of amides is 4. The number of carbonyl (C=O) groups excluding carboxylic acids is 4. The van der Waals surface area contributed by atoms with Crippen LogP contribution in [0.5, 0.6) is 5.88 Å². The minimum Gasteiger partial charge on any atom is -0.481 e. The highest BCUT2D eigenvalue weighted by Crippen LogP contribution is 2.40. The Morgan fingerprint density at radius 3 is 2.53 bits per heavy atom. The quantitative estimate of drug-likeness (QED) is 0.182. The molecule has 0 aliphatic carbocycles. The van der Waals surface area contributed by atoms with Gasteiger partial charge in [-0.05, 0) is 51.8 Å². The predicted molar refractivity (Wildman–Crippen MR) is 219 cm³/mol. The summed E-state index contributed by atoms with van der Waals surface area (Å²) >= 11 is 14.0. The van der Waals surface area contributed by atoms with Crippen molar-refractivity contribution < 1.29 is 28.7 Å². The second kappa shape index (κ2) is 16.9. The molecule has 2 saturated heterocycles. The molecule has 6 heterocycles. The molecular weight excluding hydrogens is 785 g/mol. The second-order valence-electron chi connectivity index (χ2n) is 15.8. The average Bonchev–Trinajstić information content (AvgIpc) is 3.94. The van der Waals surface area contributed by atoms with Gasteiger partial charge in [-0.15, -0.1) is 0 Å². The SMILES string of the molecule is COc1nc(-c2ccnc(-c3cccc(NC(=O)c4nc5c(n4C)CCN(C(=O)[C@H]4CCN(C(=O)OC(C)(C)C)C4)C5)c3Cl)c2Cl)ccc1CNC[C@@H]1CCC(=O)N1. The normalized spacial score (nSPS) is 17.9. The number of hydrogen-bond acceptors (Lipinski definition) is 10. The molecule has 2 fully saturated rings. The molecule has 17 heteroatoms. The largest absolute Gasteiger partial charge is 0.481 e. The van der Waals surface area contributed by atoms with Crippen molar-refractivity contribution in [2.75, 3.05) is 38.6 Å². The molecule has 0 unspecified atom stereocenters. The van der Waals surface area contributed by atoms with Gasteiger partial charge in [0.05, 0.1) is 52.4 Å². The summed E-state index contributed by atoms with van der Waals surface area (Å²) in [7, 11) is 3.34. The van der Waals surface area contributed by atoms with Gasteiger partial charge in [-0.1, -0.05) is 41.4 Å². The zero-order chi connectivity index (χ0) is 41.3.